The normalized spacial score (nSPS) is 13.5. The van der Waals surface area contributed by atoms with E-state index in [1.54, 1.807) is 12.3 Å². The van der Waals surface area contributed by atoms with Gasteiger partial charge in [-0.1, -0.05) is 51.1 Å². The molecule has 1 aromatic heterocycles. The zero-order valence-electron chi connectivity index (χ0n) is 34.7. The fraction of sp³-hybridized carbons (Fsp3) is 0.405. The lowest BCUT2D eigenvalue weighted by atomic mass is 9.82. The van der Waals surface area contributed by atoms with Crippen molar-refractivity contribution in [2.75, 3.05) is 39.3 Å². The Balaban J connectivity index is 0.00000139. The smallest absolute Gasteiger partial charge is 0.475 e. The highest BCUT2D eigenvalue weighted by molar-refractivity contribution is 6.14. The van der Waals surface area contributed by atoms with Crippen LogP contribution in [-0.2, 0) is 40.1 Å². The van der Waals surface area contributed by atoms with Crippen molar-refractivity contribution in [3.8, 4) is 11.1 Å². The van der Waals surface area contributed by atoms with Crippen LogP contribution in [0.4, 0.5) is 22.0 Å². The van der Waals surface area contributed by atoms with Crippen LogP contribution in [0.1, 0.15) is 57.3 Å². The summed E-state index contributed by atoms with van der Waals surface area (Å²) in [5, 5.41) is 25.0. The summed E-state index contributed by atoms with van der Waals surface area (Å²) >= 11 is 0. The van der Waals surface area contributed by atoms with E-state index in [1.165, 1.54) is 4.90 Å². The molecular formula is C42H50F5N7O9. The summed E-state index contributed by atoms with van der Waals surface area (Å²) in [7, 11) is 0. The van der Waals surface area contributed by atoms with Gasteiger partial charge in [0.05, 0.1) is 6.04 Å². The Morgan fingerprint density at radius 1 is 0.841 bits per heavy atom. The summed E-state index contributed by atoms with van der Waals surface area (Å²) in [6.07, 6.45) is -1.25. The number of carbonyl (C=O) groups is 7. The molecule has 21 heteroatoms. The molecule has 1 aliphatic heterocycles. The van der Waals surface area contributed by atoms with Crippen LogP contribution in [0, 0.1) is 17.0 Å². The number of nitrogens with zero attached hydrogens (tertiary/aromatic N) is 3. The Morgan fingerprint density at radius 3 is 1.97 bits per heavy atom. The van der Waals surface area contributed by atoms with Gasteiger partial charge in [-0.3, -0.25) is 33.7 Å². The van der Waals surface area contributed by atoms with Gasteiger partial charge in [-0.05, 0) is 41.7 Å². The topological polar surface area (TPSA) is 233 Å². The van der Waals surface area contributed by atoms with Crippen LogP contribution in [0.3, 0.4) is 0 Å². The van der Waals surface area contributed by atoms with E-state index in [4.69, 9.17) is 15.6 Å². The number of nitrogens with two attached hydrogens (primary N) is 1. The number of imide groups is 1. The number of nitrogens with one attached hydrogen (secondary N) is 3. The molecule has 2 heterocycles. The highest BCUT2D eigenvalue weighted by Gasteiger charge is 2.39. The second-order valence-corrected chi connectivity index (χ2v) is 15.4. The molecule has 0 fully saturated rings. The van der Waals surface area contributed by atoms with E-state index in [2.05, 4.69) is 16.0 Å². The third-order valence-electron chi connectivity index (χ3n) is 9.33. The molecule has 7 N–H and O–H groups in total. The predicted octanol–water partition coefficient (Wildman–Crippen LogP) is 2.79. The van der Waals surface area contributed by atoms with E-state index >= 15 is 4.39 Å². The summed E-state index contributed by atoms with van der Waals surface area (Å²) in [6, 6.07) is 13.2. The van der Waals surface area contributed by atoms with E-state index < -0.39 is 89.9 Å². The quantitative estimate of drug-likeness (QED) is 0.0585. The summed E-state index contributed by atoms with van der Waals surface area (Å²) in [5.41, 5.74) is 7.81. The van der Waals surface area contributed by atoms with Crippen LogP contribution < -0.4 is 21.7 Å². The van der Waals surface area contributed by atoms with Gasteiger partial charge in [0.2, 0.25) is 23.6 Å². The van der Waals surface area contributed by atoms with Gasteiger partial charge in [-0.15, -0.1) is 0 Å². The first-order valence-electron chi connectivity index (χ1n) is 19.5. The molecule has 2 aromatic carbocycles. The van der Waals surface area contributed by atoms with Crippen LogP contribution in [0.2, 0.25) is 0 Å². The first-order valence-corrected chi connectivity index (χ1v) is 19.5. The lowest BCUT2D eigenvalue weighted by Crippen LogP contribution is -2.46. The minimum absolute atomic E-state index is 0.0404. The summed E-state index contributed by atoms with van der Waals surface area (Å²) in [6.45, 7) is 5.20. The number of hydrogen-bond acceptors (Lipinski definition) is 9. The van der Waals surface area contributed by atoms with E-state index in [-0.39, 0.29) is 51.0 Å². The monoisotopic (exact) mass is 891 g/mol. The lowest BCUT2D eigenvalue weighted by molar-refractivity contribution is -0.192. The van der Waals surface area contributed by atoms with Gasteiger partial charge in [-0.2, -0.15) is 13.2 Å². The van der Waals surface area contributed by atoms with Gasteiger partial charge < -0.3 is 41.4 Å². The average molecular weight is 892 g/mol. The summed E-state index contributed by atoms with van der Waals surface area (Å²) in [5.74, 6) is -7.11. The number of amides is 6. The molecule has 0 saturated heterocycles. The molecule has 0 aliphatic carbocycles. The van der Waals surface area contributed by atoms with Gasteiger partial charge >= 0.3 is 12.1 Å². The number of aliphatic hydroxyl groups is 1. The van der Waals surface area contributed by atoms with Crippen molar-refractivity contribution in [1.82, 2.24) is 30.3 Å². The third kappa shape index (κ3) is 16.1. The van der Waals surface area contributed by atoms with Crippen LogP contribution in [0.15, 0.2) is 72.9 Å². The molecule has 2 atom stereocenters. The van der Waals surface area contributed by atoms with Gasteiger partial charge in [-0.25, -0.2) is 13.6 Å². The highest BCUT2D eigenvalue weighted by Crippen LogP contribution is 2.41. The number of aliphatic hydroxyl groups excluding tert-OH is 1. The van der Waals surface area contributed by atoms with Crippen molar-refractivity contribution in [2.24, 2.45) is 11.1 Å². The van der Waals surface area contributed by atoms with Crippen LogP contribution >= 0.6 is 0 Å². The minimum atomic E-state index is -5.08. The van der Waals surface area contributed by atoms with Gasteiger partial charge in [0.25, 0.3) is 11.8 Å². The molecule has 0 bridgehead atoms. The number of carboxylic acid groups (broad SMARTS) is 1. The molecule has 0 unspecified atom stereocenters. The number of aromatic nitrogens is 1. The van der Waals surface area contributed by atoms with E-state index in [0.717, 1.165) is 40.8 Å². The zero-order valence-corrected chi connectivity index (χ0v) is 34.7. The number of hydrogen-bond donors (Lipinski definition) is 6. The van der Waals surface area contributed by atoms with E-state index in [0.29, 0.717) is 17.8 Å². The zero-order chi connectivity index (χ0) is 47.1. The van der Waals surface area contributed by atoms with E-state index in [9.17, 15) is 51.4 Å². The molecule has 4 rings (SSSR count). The summed E-state index contributed by atoms with van der Waals surface area (Å²) < 4.78 is 62.9. The Morgan fingerprint density at radius 2 is 1.41 bits per heavy atom. The van der Waals surface area contributed by atoms with Crippen molar-refractivity contribution >= 4 is 41.4 Å². The molecule has 1 aliphatic rings. The maximum atomic E-state index is 15.0. The standard InChI is InChI=1S/C40H49F2N7O7.C2HF3O2/c1-40(2,3)39(32-19-27(30-20-28(41)9-10-31(30)42)23-47(32)22-26-7-5-4-6-8-26)48(38(56)25-50)18-15-29(43)21-46-34(52)12-11-33(51)44-16-17-45-35(53)24-49-36(54)13-14-37(49)55;3-2(4,5)1(6)7/h4-10,13-14,19-20,23,29,39,50H,11-12,15-18,21-22,24-25,43H2,1-3H3,(H,44,51)(H,45,53)(H,46,52);(H,6,7)/t29-,39-;/m0./s1. The number of carbonyl (C=O) groups excluding carboxylic acids is 6. The van der Waals surface area contributed by atoms with Gasteiger partial charge in [0.1, 0.15) is 24.8 Å². The Labute approximate surface area is 359 Å². The minimum Gasteiger partial charge on any atom is -0.475 e. The summed E-state index contributed by atoms with van der Waals surface area (Å²) in [4.78, 5) is 84.5. The van der Waals surface area contributed by atoms with Crippen LogP contribution in [0.25, 0.3) is 11.1 Å². The molecular weight excluding hydrogens is 841 g/mol. The number of alkyl halides is 3. The number of carboxylic acids is 1. The molecule has 0 radical (unpaired) electrons. The van der Waals surface area contributed by atoms with Gasteiger partial charge in [0, 0.05) is 86.8 Å². The predicted molar refractivity (Wildman–Crippen MR) is 217 cm³/mol. The molecule has 16 nitrogen and oxygen atoms in total. The average Bonchev–Trinajstić information content (AvgIpc) is 3.77. The fourth-order valence-corrected chi connectivity index (χ4v) is 6.35. The van der Waals surface area contributed by atoms with Crippen molar-refractivity contribution in [3.05, 3.63) is 95.8 Å². The molecule has 342 valence electrons. The maximum absolute atomic E-state index is 15.0. The SMILES string of the molecule is CC(C)(C)[C@H](c1cc(-c2cc(F)ccc2F)cn1Cc1ccccc1)N(CC[C@H](N)CNC(=O)CCC(=O)NCCNC(=O)CN1C(=O)C=CC1=O)C(=O)CO.O=C(O)C(F)(F)F. The maximum Gasteiger partial charge on any atom is 0.490 e. The first kappa shape index (κ1) is 50.9. The second kappa shape index (κ2) is 23.1. The number of benzene rings is 2. The fourth-order valence-electron chi connectivity index (χ4n) is 6.35. The second-order valence-electron chi connectivity index (χ2n) is 15.4. The molecule has 0 saturated carbocycles. The van der Waals surface area contributed by atoms with Crippen LogP contribution in [0.5, 0.6) is 0 Å². The highest BCUT2D eigenvalue weighted by atomic mass is 19.4. The van der Waals surface area contributed by atoms with Crippen molar-refractivity contribution < 1.29 is 65.7 Å². The lowest BCUT2D eigenvalue weighted by Gasteiger charge is -2.41. The molecule has 3 aromatic rings. The largest absolute Gasteiger partial charge is 0.490 e. The van der Waals surface area contributed by atoms with E-state index in [1.807, 2.05) is 55.7 Å². The third-order valence-corrected chi connectivity index (χ3v) is 9.33. The number of rotatable bonds is 19. The number of aliphatic carboxylic acids is 1. The molecule has 63 heavy (non-hydrogen) atoms. The van der Waals surface area contributed by atoms with Crippen LogP contribution in [-0.4, -0.2) is 118 Å². The van der Waals surface area contributed by atoms with Crippen molar-refractivity contribution in [2.45, 2.75) is 64.8 Å². The number of halogens is 5. The van der Waals surface area contributed by atoms with Crippen molar-refractivity contribution in [3.63, 3.8) is 0 Å². The van der Waals surface area contributed by atoms with Gasteiger partial charge in [0.15, 0.2) is 0 Å². The molecule has 0 spiro atoms. The molecule has 6 amide bonds. The van der Waals surface area contributed by atoms with Crippen molar-refractivity contribution in [1.29, 1.82) is 0 Å². The Kier molecular flexibility index (Phi) is 18.7. The Hall–Kier alpha value is -6.48. The first-order chi connectivity index (χ1) is 29.5. The Bertz CT molecular complexity index is 2120.